The first kappa shape index (κ1) is 17.8. The molecule has 0 aliphatic carbocycles. The van der Waals surface area contributed by atoms with E-state index < -0.39 is 0 Å². The third kappa shape index (κ3) is 3.76. The predicted octanol–water partition coefficient (Wildman–Crippen LogP) is 4.86. The average molecular weight is 378 g/mol. The smallest absolute Gasteiger partial charge is 0.223 e. The van der Waals surface area contributed by atoms with Gasteiger partial charge in [0.1, 0.15) is 5.75 Å². The van der Waals surface area contributed by atoms with Gasteiger partial charge < -0.3 is 9.64 Å². The third-order valence-electron chi connectivity index (χ3n) is 5.19. The lowest BCUT2D eigenvalue weighted by molar-refractivity contribution is -0.133. The largest absolute Gasteiger partial charge is 0.497 e. The Morgan fingerprint density at radius 3 is 2.63 bits per heavy atom. The summed E-state index contributed by atoms with van der Waals surface area (Å²) in [6.45, 7) is 0.786. The van der Waals surface area contributed by atoms with Crippen LogP contribution in [0.3, 0.4) is 0 Å². The molecular formula is C23H23NO2S. The number of methoxy groups -OCH3 is 1. The zero-order chi connectivity index (χ0) is 18.6. The van der Waals surface area contributed by atoms with Crippen LogP contribution in [0.5, 0.6) is 5.75 Å². The summed E-state index contributed by atoms with van der Waals surface area (Å²) in [5.74, 6) is 1.06. The van der Waals surface area contributed by atoms with Gasteiger partial charge in [0.2, 0.25) is 5.91 Å². The van der Waals surface area contributed by atoms with E-state index in [1.165, 1.54) is 16.0 Å². The second kappa shape index (κ2) is 7.97. The molecule has 2 aromatic carbocycles. The number of fused-ring (bicyclic) bond motifs is 1. The van der Waals surface area contributed by atoms with Crippen LogP contribution in [0.25, 0.3) is 0 Å². The number of carbonyl (C=O) groups excluding carboxylic acids is 1. The van der Waals surface area contributed by atoms with Crippen LogP contribution in [-0.4, -0.2) is 24.5 Å². The van der Waals surface area contributed by atoms with Crippen molar-refractivity contribution in [3.8, 4) is 5.75 Å². The van der Waals surface area contributed by atoms with Crippen molar-refractivity contribution in [2.45, 2.75) is 25.3 Å². The normalized spacial score (nSPS) is 16.0. The Bertz CT molecular complexity index is 902. The lowest BCUT2D eigenvalue weighted by Gasteiger charge is -2.36. The number of ether oxygens (including phenoxy) is 1. The minimum absolute atomic E-state index is 0.0320. The standard InChI is InChI=1S/C23H23NO2S/c1-26-19-10-7-17(8-11-19)9-12-22(25)24-15-13-21-20(14-16-27-21)23(24)18-5-3-2-4-6-18/h2-8,10-11,14,16,23H,9,12-13,15H2,1H3/t23-/m0/s1. The van der Waals surface area contributed by atoms with Gasteiger partial charge in [-0.3, -0.25) is 4.79 Å². The first-order valence-electron chi connectivity index (χ1n) is 9.30. The number of aryl methyl sites for hydroxylation is 1. The van der Waals surface area contributed by atoms with E-state index >= 15 is 0 Å². The molecule has 3 aromatic rings. The zero-order valence-corrected chi connectivity index (χ0v) is 16.2. The number of rotatable bonds is 5. The van der Waals surface area contributed by atoms with Crippen molar-refractivity contribution in [1.82, 2.24) is 4.90 Å². The van der Waals surface area contributed by atoms with E-state index in [2.05, 4.69) is 40.6 Å². The van der Waals surface area contributed by atoms with Crippen LogP contribution in [0.1, 0.15) is 34.0 Å². The number of thiophene rings is 1. The molecule has 0 spiro atoms. The average Bonchev–Trinajstić information content (AvgIpc) is 3.21. The number of nitrogens with zero attached hydrogens (tertiary/aromatic N) is 1. The summed E-state index contributed by atoms with van der Waals surface area (Å²) in [7, 11) is 1.66. The Hall–Kier alpha value is -2.59. The molecule has 0 fully saturated rings. The molecule has 27 heavy (non-hydrogen) atoms. The first-order valence-corrected chi connectivity index (χ1v) is 10.2. The Labute approximate surface area is 164 Å². The van der Waals surface area contributed by atoms with E-state index in [9.17, 15) is 4.79 Å². The molecule has 1 aliphatic heterocycles. The van der Waals surface area contributed by atoms with Crippen molar-refractivity contribution in [3.05, 3.63) is 87.6 Å². The molecule has 1 amide bonds. The Balaban J connectivity index is 1.53. The van der Waals surface area contributed by atoms with E-state index in [4.69, 9.17) is 4.74 Å². The lowest BCUT2D eigenvalue weighted by Crippen LogP contribution is -2.40. The van der Waals surface area contributed by atoms with Crippen LogP contribution in [-0.2, 0) is 17.6 Å². The molecule has 3 nitrogen and oxygen atoms in total. The minimum Gasteiger partial charge on any atom is -0.497 e. The summed E-state index contributed by atoms with van der Waals surface area (Å²) >= 11 is 1.80. The van der Waals surface area contributed by atoms with Crippen LogP contribution < -0.4 is 4.74 Å². The second-order valence-electron chi connectivity index (χ2n) is 6.80. The Morgan fingerprint density at radius 2 is 1.89 bits per heavy atom. The predicted molar refractivity (Wildman–Crippen MR) is 109 cm³/mol. The molecule has 0 N–H and O–H groups in total. The molecule has 0 saturated heterocycles. The second-order valence-corrected chi connectivity index (χ2v) is 7.80. The monoisotopic (exact) mass is 377 g/mol. The van der Waals surface area contributed by atoms with E-state index in [1.807, 2.05) is 30.3 Å². The van der Waals surface area contributed by atoms with E-state index in [1.54, 1.807) is 18.4 Å². The molecule has 2 heterocycles. The molecule has 1 aromatic heterocycles. The molecule has 0 bridgehead atoms. The highest BCUT2D eigenvalue weighted by atomic mass is 32.1. The van der Waals surface area contributed by atoms with Gasteiger partial charge in [-0.1, -0.05) is 42.5 Å². The number of hydrogen-bond acceptors (Lipinski definition) is 3. The molecule has 1 aliphatic rings. The lowest BCUT2D eigenvalue weighted by atomic mass is 9.92. The van der Waals surface area contributed by atoms with Crippen LogP contribution in [0.15, 0.2) is 66.0 Å². The fourth-order valence-corrected chi connectivity index (χ4v) is 4.67. The maximum atomic E-state index is 13.1. The highest BCUT2D eigenvalue weighted by Crippen LogP contribution is 2.38. The van der Waals surface area contributed by atoms with Gasteiger partial charge in [0.15, 0.2) is 0 Å². The molecule has 138 valence electrons. The summed E-state index contributed by atoms with van der Waals surface area (Å²) in [4.78, 5) is 16.6. The van der Waals surface area contributed by atoms with Gasteiger partial charge >= 0.3 is 0 Å². The highest BCUT2D eigenvalue weighted by molar-refractivity contribution is 7.10. The molecular weight excluding hydrogens is 354 g/mol. The SMILES string of the molecule is COc1ccc(CCC(=O)N2CCc3sccc3[C@@H]2c2ccccc2)cc1. The van der Waals surface area contributed by atoms with Crippen molar-refractivity contribution in [2.24, 2.45) is 0 Å². The molecule has 4 rings (SSSR count). The van der Waals surface area contributed by atoms with E-state index in [0.717, 1.165) is 30.7 Å². The topological polar surface area (TPSA) is 29.5 Å². The molecule has 4 heteroatoms. The van der Waals surface area contributed by atoms with Gasteiger partial charge in [-0.2, -0.15) is 0 Å². The van der Waals surface area contributed by atoms with E-state index in [-0.39, 0.29) is 11.9 Å². The summed E-state index contributed by atoms with van der Waals surface area (Å²) < 4.78 is 5.20. The van der Waals surface area contributed by atoms with E-state index in [0.29, 0.717) is 6.42 Å². The Kier molecular flexibility index (Phi) is 5.26. The molecule has 0 unspecified atom stereocenters. The first-order chi connectivity index (χ1) is 13.3. The van der Waals surface area contributed by atoms with Gasteiger partial charge in [-0.05, 0) is 53.1 Å². The van der Waals surface area contributed by atoms with Crippen LogP contribution >= 0.6 is 11.3 Å². The van der Waals surface area contributed by atoms with Gasteiger partial charge in [-0.15, -0.1) is 11.3 Å². The fourth-order valence-electron chi connectivity index (χ4n) is 3.77. The third-order valence-corrected chi connectivity index (χ3v) is 6.18. The van der Waals surface area contributed by atoms with Crippen LogP contribution in [0.2, 0.25) is 0 Å². The van der Waals surface area contributed by atoms with Crippen molar-refractivity contribution in [2.75, 3.05) is 13.7 Å². The summed E-state index contributed by atoms with van der Waals surface area (Å²) in [6, 6.07) is 20.6. The summed E-state index contributed by atoms with van der Waals surface area (Å²) in [5.41, 5.74) is 3.64. The van der Waals surface area contributed by atoms with Crippen LogP contribution in [0.4, 0.5) is 0 Å². The van der Waals surface area contributed by atoms with Gasteiger partial charge in [-0.25, -0.2) is 0 Å². The van der Waals surface area contributed by atoms with Crippen molar-refractivity contribution in [1.29, 1.82) is 0 Å². The number of hydrogen-bond donors (Lipinski definition) is 0. The fraction of sp³-hybridized carbons (Fsp3) is 0.261. The maximum Gasteiger partial charge on any atom is 0.223 e. The zero-order valence-electron chi connectivity index (χ0n) is 15.4. The molecule has 0 saturated carbocycles. The maximum absolute atomic E-state index is 13.1. The molecule has 1 atom stereocenters. The van der Waals surface area contributed by atoms with Crippen molar-refractivity contribution in [3.63, 3.8) is 0 Å². The summed E-state index contributed by atoms with van der Waals surface area (Å²) in [5, 5.41) is 2.14. The number of amides is 1. The number of carbonyl (C=O) groups is 1. The highest BCUT2D eigenvalue weighted by Gasteiger charge is 2.32. The number of benzene rings is 2. The molecule has 0 radical (unpaired) electrons. The van der Waals surface area contributed by atoms with Gasteiger partial charge in [0, 0.05) is 17.8 Å². The van der Waals surface area contributed by atoms with Crippen molar-refractivity contribution < 1.29 is 9.53 Å². The van der Waals surface area contributed by atoms with Gasteiger partial charge in [0.25, 0.3) is 0 Å². The van der Waals surface area contributed by atoms with Gasteiger partial charge in [0.05, 0.1) is 13.2 Å². The van der Waals surface area contributed by atoms with Crippen LogP contribution in [0, 0.1) is 0 Å². The Morgan fingerprint density at radius 1 is 1.11 bits per heavy atom. The summed E-state index contributed by atoms with van der Waals surface area (Å²) in [6.07, 6.45) is 2.22. The minimum atomic E-state index is 0.0320. The van der Waals surface area contributed by atoms with Crippen molar-refractivity contribution >= 4 is 17.2 Å². The quantitative estimate of drug-likeness (QED) is 0.635.